The average molecular weight is 555 g/mol. The van der Waals surface area contributed by atoms with Gasteiger partial charge in [-0.25, -0.2) is 0 Å². The highest BCUT2D eigenvalue weighted by Gasteiger charge is 2.42. The van der Waals surface area contributed by atoms with Crippen LogP contribution in [0.4, 0.5) is 11.4 Å². The van der Waals surface area contributed by atoms with Crippen molar-refractivity contribution in [2.45, 2.75) is 83.6 Å². The summed E-state index contributed by atoms with van der Waals surface area (Å²) in [6.07, 6.45) is 4.32. The zero-order valence-electron chi connectivity index (χ0n) is 24.0. The second kappa shape index (κ2) is 11.6. The molecule has 0 unspecified atom stereocenters. The molecular weight excluding hydrogens is 516 g/mol. The molecule has 208 valence electrons. The summed E-state index contributed by atoms with van der Waals surface area (Å²) in [4.78, 5) is 30.0. The predicted octanol–water partition coefficient (Wildman–Crippen LogP) is 9.12. The van der Waals surface area contributed by atoms with Gasteiger partial charge in [-0.15, -0.1) is 0 Å². The van der Waals surface area contributed by atoms with Gasteiger partial charge in [-0.3, -0.25) is 14.5 Å². The number of para-hydroxylation sites is 2. The van der Waals surface area contributed by atoms with E-state index in [1.807, 2.05) is 53.4 Å². The van der Waals surface area contributed by atoms with Crippen molar-refractivity contribution in [3.05, 3.63) is 106 Å². The lowest BCUT2D eigenvalue weighted by atomic mass is 9.77. The number of carbonyl (C=O) groups is 2. The molecule has 1 amide bonds. The number of nitrogens with zero attached hydrogens (tertiary/aromatic N) is 1. The van der Waals surface area contributed by atoms with Gasteiger partial charge in [0.05, 0.1) is 17.4 Å². The third kappa shape index (κ3) is 5.60. The second-order valence-corrected chi connectivity index (χ2v) is 12.5. The van der Waals surface area contributed by atoms with Gasteiger partial charge in [0, 0.05) is 29.1 Å². The predicted molar refractivity (Wildman–Crippen MR) is 165 cm³/mol. The van der Waals surface area contributed by atoms with Crippen LogP contribution in [0.3, 0.4) is 0 Å². The van der Waals surface area contributed by atoms with E-state index in [0.29, 0.717) is 29.9 Å². The number of amides is 1. The maximum absolute atomic E-state index is 14.2. The van der Waals surface area contributed by atoms with E-state index in [9.17, 15) is 9.59 Å². The Labute approximate surface area is 243 Å². The number of hydrogen-bond donors (Lipinski definition) is 1. The number of rotatable bonds is 6. The van der Waals surface area contributed by atoms with Gasteiger partial charge in [0.15, 0.2) is 5.78 Å². The fourth-order valence-corrected chi connectivity index (χ4v) is 6.23. The van der Waals surface area contributed by atoms with Crippen LogP contribution in [0.1, 0.15) is 94.9 Å². The van der Waals surface area contributed by atoms with Crippen LogP contribution in [0.2, 0.25) is 5.02 Å². The molecule has 0 bridgehead atoms. The number of nitrogens with one attached hydrogen (secondary N) is 1. The summed E-state index contributed by atoms with van der Waals surface area (Å²) in [5.74, 6) is 0.121. The number of anilines is 2. The quantitative estimate of drug-likeness (QED) is 0.309. The minimum atomic E-state index is -0.592. The van der Waals surface area contributed by atoms with Crippen LogP contribution in [-0.2, 0) is 15.0 Å². The van der Waals surface area contributed by atoms with E-state index < -0.39 is 6.04 Å². The van der Waals surface area contributed by atoms with Gasteiger partial charge in [-0.1, -0.05) is 107 Å². The molecule has 40 heavy (non-hydrogen) atoms. The first-order chi connectivity index (χ1) is 19.2. The van der Waals surface area contributed by atoms with Crippen molar-refractivity contribution in [3.63, 3.8) is 0 Å². The number of carbonyl (C=O) groups excluding carboxylic acids is 2. The van der Waals surface area contributed by atoms with E-state index in [-0.39, 0.29) is 23.0 Å². The lowest BCUT2D eigenvalue weighted by Crippen LogP contribution is -2.38. The molecule has 0 saturated carbocycles. The Balaban J connectivity index is 1.63. The van der Waals surface area contributed by atoms with Crippen molar-refractivity contribution in [2.75, 3.05) is 10.2 Å². The van der Waals surface area contributed by atoms with Crippen LogP contribution >= 0.6 is 11.6 Å². The fourth-order valence-electron chi connectivity index (χ4n) is 5.99. The topological polar surface area (TPSA) is 49.4 Å². The smallest absolute Gasteiger partial charge is 0.227 e. The van der Waals surface area contributed by atoms with Gasteiger partial charge >= 0.3 is 0 Å². The van der Waals surface area contributed by atoms with Crippen LogP contribution in [0.25, 0.3) is 0 Å². The molecule has 2 atom stereocenters. The first-order valence-corrected chi connectivity index (χ1v) is 14.9. The van der Waals surface area contributed by atoms with Crippen LogP contribution in [-0.4, -0.2) is 11.7 Å². The minimum Gasteiger partial charge on any atom is -0.357 e. The van der Waals surface area contributed by atoms with Crippen molar-refractivity contribution in [3.8, 4) is 0 Å². The zero-order chi connectivity index (χ0) is 28.4. The molecular formula is C35H39ClN2O2. The standard InChI is InChI=1S/C35H39ClN2O2/c1-5-6-7-16-32(40)38-30-15-11-10-14-28(30)37-29-21-24(23-17-19-25(20-18-23)35(2,3)4)22-31(39)33(29)34(38)26-12-8-9-13-27(26)36/h8-15,17-20,24,34,37H,5-7,16,21-22H2,1-4H3/t24-,34-/m0/s1. The molecule has 2 aliphatic rings. The van der Waals surface area contributed by atoms with E-state index in [4.69, 9.17) is 11.6 Å². The van der Waals surface area contributed by atoms with Crippen molar-refractivity contribution < 1.29 is 9.59 Å². The van der Waals surface area contributed by atoms with Crippen molar-refractivity contribution in [1.82, 2.24) is 0 Å². The van der Waals surface area contributed by atoms with E-state index in [0.717, 1.165) is 47.5 Å². The number of unbranched alkanes of at least 4 members (excludes halogenated alkanes) is 2. The molecule has 1 heterocycles. The Kier molecular flexibility index (Phi) is 8.19. The van der Waals surface area contributed by atoms with Crippen molar-refractivity contribution in [1.29, 1.82) is 0 Å². The van der Waals surface area contributed by atoms with Gasteiger partial charge in [-0.05, 0) is 59.1 Å². The molecule has 0 aromatic heterocycles. The monoisotopic (exact) mass is 554 g/mol. The lowest BCUT2D eigenvalue weighted by molar-refractivity contribution is -0.119. The Morgan fingerprint density at radius 2 is 1.65 bits per heavy atom. The molecule has 0 radical (unpaired) electrons. The molecule has 0 saturated heterocycles. The second-order valence-electron chi connectivity index (χ2n) is 12.1. The van der Waals surface area contributed by atoms with Crippen molar-refractivity contribution >= 4 is 34.7 Å². The van der Waals surface area contributed by atoms with Gasteiger partial charge in [0.25, 0.3) is 0 Å². The molecule has 5 heteroatoms. The number of hydrogen-bond acceptors (Lipinski definition) is 3. The molecule has 1 aliphatic heterocycles. The Morgan fingerprint density at radius 1 is 0.950 bits per heavy atom. The highest BCUT2D eigenvalue weighted by molar-refractivity contribution is 6.31. The summed E-state index contributed by atoms with van der Waals surface area (Å²) < 4.78 is 0. The molecule has 3 aromatic carbocycles. The molecule has 0 spiro atoms. The zero-order valence-corrected chi connectivity index (χ0v) is 24.7. The molecule has 5 rings (SSSR count). The lowest BCUT2D eigenvalue weighted by Gasteiger charge is -2.35. The molecule has 1 aliphatic carbocycles. The first kappa shape index (κ1) is 28.2. The Morgan fingerprint density at radius 3 is 2.35 bits per heavy atom. The SMILES string of the molecule is CCCCCC(=O)N1c2ccccc2NC2=C(C(=O)C[C@@H](c3ccc(C(C)(C)C)cc3)C2)[C@@H]1c1ccccc1Cl. The number of Topliss-reactive ketones (excluding diaryl/α,β-unsaturated/α-hetero) is 1. The van der Waals surface area contributed by atoms with Gasteiger partial charge in [0.1, 0.15) is 0 Å². The first-order valence-electron chi connectivity index (χ1n) is 14.5. The molecule has 4 nitrogen and oxygen atoms in total. The number of allylic oxidation sites excluding steroid dienone is 1. The van der Waals surface area contributed by atoms with E-state index >= 15 is 0 Å². The van der Waals surface area contributed by atoms with Gasteiger partial charge in [-0.2, -0.15) is 0 Å². The molecule has 3 aromatic rings. The van der Waals surface area contributed by atoms with Gasteiger partial charge < -0.3 is 5.32 Å². The average Bonchev–Trinajstić information content (AvgIpc) is 3.07. The summed E-state index contributed by atoms with van der Waals surface area (Å²) in [6.45, 7) is 8.76. The normalized spacial score (nSPS) is 19.0. The molecule has 0 fully saturated rings. The van der Waals surface area contributed by atoms with Crippen LogP contribution in [0.5, 0.6) is 0 Å². The number of ketones is 1. The maximum atomic E-state index is 14.2. The van der Waals surface area contributed by atoms with Crippen LogP contribution in [0, 0.1) is 0 Å². The number of fused-ring (bicyclic) bond motifs is 1. The van der Waals surface area contributed by atoms with Crippen LogP contribution in [0.15, 0.2) is 84.1 Å². The third-order valence-electron chi connectivity index (χ3n) is 8.20. The number of halogens is 1. The maximum Gasteiger partial charge on any atom is 0.227 e. The summed E-state index contributed by atoms with van der Waals surface area (Å²) in [5.41, 5.74) is 6.42. The highest BCUT2D eigenvalue weighted by atomic mass is 35.5. The number of benzene rings is 3. The fraction of sp³-hybridized carbons (Fsp3) is 0.371. The van der Waals surface area contributed by atoms with E-state index in [1.165, 1.54) is 5.56 Å². The summed E-state index contributed by atoms with van der Waals surface area (Å²) in [5, 5.41) is 4.17. The van der Waals surface area contributed by atoms with E-state index in [2.05, 4.69) is 57.3 Å². The minimum absolute atomic E-state index is 0.00839. The third-order valence-corrected chi connectivity index (χ3v) is 8.54. The Bertz CT molecular complexity index is 1430. The van der Waals surface area contributed by atoms with Gasteiger partial charge in [0.2, 0.25) is 5.91 Å². The Hall–Kier alpha value is -3.37. The summed E-state index contributed by atoms with van der Waals surface area (Å²) >= 11 is 6.80. The molecule has 1 N–H and O–H groups in total. The van der Waals surface area contributed by atoms with E-state index in [1.54, 1.807) is 0 Å². The summed E-state index contributed by atoms with van der Waals surface area (Å²) in [6, 6.07) is 23.6. The largest absolute Gasteiger partial charge is 0.357 e. The highest BCUT2D eigenvalue weighted by Crippen LogP contribution is 2.48. The summed E-state index contributed by atoms with van der Waals surface area (Å²) in [7, 11) is 0. The van der Waals surface area contributed by atoms with Crippen molar-refractivity contribution in [2.24, 2.45) is 0 Å². The van der Waals surface area contributed by atoms with Crippen LogP contribution < -0.4 is 10.2 Å².